The number of phenols is 3. The van der Waals surface area contributed by atoms with Crippen molar-refractivity contribution in [1.82, 2.24) is 13.5 Å². The van der Waals surface area contributed by atoms with Crippen LogP contribution in [-0.4, -0.2) is 84.3 Å². The van der Waals surface area contributed by atoms with Crippen LogP contribution in [0, 0.1) is 0 Å². The topological polar surface area (TPSA) is 156 Å². The maximum Gasteiger partial charge on any atom is 0.257 e. The van der Waals surface area contributed by atoms with E-state index in [1.54, 1.807) is 30.3 Å². The van der Waals surface area contributed by atoms with Crippen LogP contribution < -0.4 is 0 Å². The summed E-state index contributed by atoms with van der Waals surface area (Å²) < 4.78 is 55.2. The lowest BCUT2D eigenvalue weighted by molar-refractivity contribution is 0.0693. The Labute approximate surface area is 226 Å². The van der Waals surface area contributed by atoms with E-state index in [9.17, 15) is 36.9 Å². The molecule has 1 amide bonds. The molecule has 13 heteroatoms. The van der Waals surface area contributed by atoms with Crippen LogP contribution in [0.2, 0.25) is 0 Å². The largest absolute Gasteiger partial charge is 0.504 e. The van der Waals surface area contributed by atoms with Gasteiger partial charge < -0.3 is 20.2 Å². The smallest absolute Gasteiger partial charge is 0.257 e. The highest BCUT2D eigenvalue weighted by atomic mass is 32.2. The Bertz CT molecular complexity index is 1640. The predicted octanol–water partition coefficient (Wildman–Crippen LogP) is 1.70. The van der Waals surface area contributed by atoms with Crippen LogP contribution in [0.1, 0.15) is 21.5 Å². The SMILES string of the molecule is O=C(c1cc(S(=O)(=O)N2CCc3ccccc3C2)c(O)c(O)c1O)N1CCN(S(=O)(=O)c2ccccc2)CC1. The van der Waals surface area contributed by atoms with Crippen LogP contribution in [0.25, 0.3) is 0 Å². The fourth-order valence-corrected chi connectivity index (χ4v) is 7.81. The average molecular weight is 574 g/mol. The van der Waals surface area contributed by atoms with Gasteiger partial charge in [-0.3, -0.25) is 4.79 Å². The maximum atomic E-state index is 13.5. The van der Waals surface area contributed by atoms with Gasteiger partial charge in [0, 0.05) is 39.3 Å². The van der Waals surface area contributed by atoms with Crippen molar-refractivity contribution in [2.45, 2.75) is 22.8 Å². The van der Waals surface area contributed by atoms with Gasteiger partial charge in [0.1, 0.15) is 4.90 Å². The minimum absolute atomic E-state index is 0.0217. The Morgan fingerprint density at radius 2 is 1.28 bits per heavy atom. The van der Waals surface area contributed by atoms with Crippen LogP contribution >= 0.6 is 0 Å². The molecule has 0 unspecified atom stereocenters. The van der Waals surface area contributed by atoms with Gasteiger partial charge in [-0.05, 0) is 35.7 Å². The number of hydrogen-bond donors (Lipinski definition) is 3. The van der Waals surface area contributed by atoms with Gasteiger partial charge in [-0.2, -0.15) is 8.61 Å². The molecule has 39 heavy (non-hydrogen) atoms. The summed E-state index contributed by atoms with van der Waals surface area (Å²) in [7, 11) is -8.13. The average Bonchev–Trinajstić information content (AvgIpc) is 2.96. The van der Waals surface area contributed by atoms with Crippen molar-refractivity contribution >= 4 is 26.0 Å². The Kier molecular flexibility index (Phi) is 7.01. The van der Waals surface area contributed by atoms with Crippen molar-refractivity contribution in [2.24, 2.45) is 0 Å². The molecular formula is C26H27N3O8S2. The Morgan fingerprint density at radius 1 is 0.667 bits per heavy atom. The second-order valence-electron chi connectivity index (χ2n) is 9.33. The van der Waals surface area contributed by atoms with E-state index in [-0.39, 0.29) is 44.2 Å². The van der Waals surface area contributed by atoms with E-state index in [4.69, 9.17) is 0 Å². The molecule has 0 aliphatic carbocycles. The van der Waals surface area contributed by atoms with Crippen LogP contribution in [0.3, 0.4) is 0 Å². The number of aromatic hydroxyl groups is 3. The minimum Gasteiger partial charge on any atom is -0.504 e. The number of fused-ring (bicyclic) bond motifs is 1. The predicted molar refractivity (Wildman–Crippen MR) is 140 cm³/mol. The molecule has 2 heterocycles. The van der Waals surface area contributed by atoms with Gasteiger partial charge in [0.2, 0.25) is 25.8 Å². The van der Waals surface area contributed by atoms with Gasteiger partial charge in [0.15, 0.2) is 11.5 Å². The van der Waals surface area contributed by atoms with Crippen molar-refractivity contribution in [3.63, 3.8) is 0 Å². The molecule has 0 radical (unpaired) electrons. The molecule has 0 atom stereocenters. The fraction of sp³-hybridized carbons (Fsp3) is 0.269. The number of hydrogen-bond acceptors (Lipinski definition) is 8. The van der Waals surface area contributed by atoms with Crippen LogP contribution in [0.4, 0.5) is 0 Å². The summed E-state index contributed by atoms with van der Waals surface area (Å²) in [5.41, 5.74) is 1.29. The zero-order chi connectivity index (χ0) is 27.9. The highest BCUT2D eigenvalue weighted by molar-refractivity contribution is 7.89. The molecule has 2 aliphatic rings. The highest BCUT2D eigenvalue weighted by Gasteiger charge is 2.36. The number of nitrogens with zero attached hydrogens (tertiary/aromatic N) is 3. The molecule has 2 aliphatic heterocycles. The summed E-state index contributed by atoms with van der Waals surface area (Å²) in [4.78, 5) is 14.0. The third kappa shape index (κ3) is 4.82. The van der Waals surface area contributed by atoms with Crippen molar-refractivity contribution in [2.75, 3.05) is 32.7 Å². The quantitative estimate of drug-likeness (QED) is 0.390. The zero-order valence-corrected chi connectivity index (χ0v) is 22.4. The number of amides is 1. The Hall–Kier alpha value is -3.65. The second-order valence-corrected chi connectivity index (χ2v) is 13.2. The van der Waals surface area contributed by atoms with E-state index in [2.05, 4.69) is 0 Å². The maximum absolute atomic E-state index is 13.5. The summed E-state index contributed by atoms with van der Waals surface area (Å²) in [5, 5.41) is 31.3. The molecule has 5 rings (SSSR count). The van der Waals surface area contributed by atoms with E-state index in [1.165, 1.54) is 21.3 Å². The number of carbonyl (C=O) groups is 1. The monoisotopic (exact) mass is 573 g/mol. The first-order chi connectivity index (χ1) is 18.5. The molecule has 1 fully saturated rings. The molecule has 1 saturated heterocycles. The second kappa shape index (κ2) is 10.2. The first kappa shape index (κ1) is 26.9. The van der Waals surface area contributed by atoms with Crippen LogP contribution in [-0.2, 0) is 33.0 Å². The third-order valence-corrected chi connectivity index (χ3v) is 10.8. The van der Waals surface area contributed by atoms with Gasteiger partial charge in [-0.15, -0.1) is 0 Å². The molecule has 0 saturated carbocycles. The van der Waals surface area contributed by atoms with E-state index in [1.807, 2.05) is 12.1 Å². The number of piperazine rings is 1. The number of rotatable bonds is 5. The lowest BCUT2D eigenvalue weighted by atomic mass is 10.0. The lowest BCUT2D eigenvalue weighted by Gasteiger charge is -2.34. The first-order valence-electron chi connectivity index (χ1n) is 12.2. The molecule has 0 spiro atoms. The van der Waals surface area contributed by atoms with Crippen molar-refractivity contribution in [3.05, 3.63) is 77.4 Å². The molecule has 0 aromatic heterocycles. The highest BCUT2D eigenvalue weighted by Crippen LogP contribution is 2.44. The Morgan fingerprint density at radius 3 is 1.95 bits per heavy atom. The molecule has 11 nitrogen and oxygen atoms in total. The van der Waals surface area contributed by atoms with Crippen LogP contribution in [0.15, 0.2) is 70.5 Å². The third-order valence-electron chi connectivity index (χ3n) is 7.06. The van der Waals surface area contributed by atoms with Gasteiger partial charge in [-0.1, -0.05) is 42.5 Å². The minimum atomic E-state index is -4.37. The van der Waals surface area contributed by atoms with Gasteiger partial charge in [0.25, 0.3) is 5.91 Å². The van der Waals surface area contributed by atoms with E-state index in [0.717, 1.165) is 21.5 Å². The fourth-order valence-electron chi connectivity index (χ4n) is 4.84. The number of carbonyl (C=O) groups excluding carboxylic acids is 1. The summed E-state index contributed by atoms with van der Waals surface area (Å²) in [5.74, 6) is -3.94. The van der Waals surface area contributed by atoms with Gasteiger partial charge >= 0.3 is 0 Å². The normalized spacial score (nSPS) is 17.1. The Balaban J connectivity index is 1.39. The lowest BCUT2D eigenvalue weighted by Crippen LogP contribution is -2.50. The van der Waals surface area contributed by atoms with Gasteiger partial charge in [0.05, 0.1) is 10.5 Å². The van der Waals surface area contributed by atoms with Gasteiger partial charge in [-0.25, -0.2) is 16.8 Å². The molecule has 206 valence electrons. The molecule has 0 bridgehead atoms. The molecule has 3 aromatic carbocycles. The van der Waals surface area contributed by atoms with Crippen molar-refractivity contribution < 1.29 is 36.9 Å². The number of phenolic OH excluding ortho intramolecular Hbond substituents is 3. The molecular weight excluding hydrogens is 546 g/mol. The van der Waals surface area contributed by atoms with E-state index in [0.29, 0.717) is 6.42 Å². The summed E-state index contributed by atoms with van der Waals surface area (Å²) >= 11 is 0. The summed E-state index contributed by atoms with van der Waals surface area (Å²) in [6.45, 7) is 0.0640. The summed E-state index contributed by atoms with van der Waals surface area (Å²) in [6.07, 6.45) is 0.447. The van der Waals surface area contributed by atoms with Crippen molar-refractivity contribution in [3.8, 4) is 17.2 Å². The molecule has 3 N–H and O–H groups in total. The van der Waals surface area contributed by atoms with Crippen molar-refractivity contribution in [1.29, 1.82) is 0 Å². The zero-order valence-electron chi connectivity index (χ0n) is 20.8. The van der Waals surface area contributed by atoms with E-state index >= 15 is 0 Å². The number of sulfonamides is 2. The molecule has 3 aromatic rings. The number of benzene rings is 3. The first-order valence-corrected chi connectivity index (χ1v) is 15.1. The van der Waals surface area contributed by atoms with E-state index < -0.39 is 53.7 Å². The standard InChI is InChI=1S/C26H27N3O8S2/c30-23-21(26(33)27-12-14-28(15-13-27)38(34,35)20-8-2-1-3-9-20)16-22(24(31)25(23)32)39(36,37)29-11-10-18-6-4-5-7-19(18)17-29/h1-9,16,30-32H,10-15,17H2. The van der Waals surface area contributed by atoms with Crippen LogP contribution in [0.5, 0.6) is 17.2 Å². The summed E-state index contributed by atoms with van der Waals surface area (Å²) in [6, 6.07) is 16.1.